The first-order valence-electron chi connectivity index (χ1n) is 5.81. The standard InChI is InChI=1S/C12H17N3O/c1-2-13-12(16)10-6-5-7-11(14-10)15-8-3-4-9-15/h5-7H,2-4,8-9H2,1H3,(H,13,16). The Kier molecular flexibility index (Phi) is 3.39. The first-order chi connectivity index (χ1) is 7.81. The lowest BCUT2D eigenvalue weighted by Gasteiger charge is -2.16. The molecule has 0 aromatic carbocycles. The number of nitrogens with one attached hydrogen (secondary N) is 1. The van der Waals surface area contributed by atoms with Gasteiger partial charge in [0, 0.05) is 19.6 Å². The summed E-state index contributed by atoms with van der Waals surface area (Å²) in [6.07, 6.45) is 2.43. The Balaban J connectivity index is 2.15. The van der Waals surface area contributed by atoms with Crippen molar-refractivity contribution in [1.82, 2.24) is 10.3 Å². The number of aromatic nitrogens is 1. The maximum absolute atomic E-state index is 11.6. The maximum atomic E-state index is 11.6. The number of hydrogen-bond acceptors (Lipinski definition) is 3. The third-order valence-electron chi connectivity index (χ3n) is 2.73. The highest BCUT2D eigenvalue weighted by molar-refractivity contribution is 5.92. The van der Waals surface area contributed by atoms with Crippen molar-refractivity contribution in [2.75, 3.05) is 24.5 Å². The summed E-state index contributed by atoms with van der Waals surface area (Å²) in [5, 5.41) is 2.76. The van der Waals surface area contributed by atoms with E-state index in [-0.39, 0.29) is 5.91 Å². The Bertz CT molecular complexity index is 372. The Hall–Kier alpha value is -1.58. The van der Waals surface area contributed by atoms with Crippen LogP contribution in [0, 0.1) is 0 Å². The highest BCUT2D eigenvalue weighted by Gasteiger charge is 2.15. The van der Waals surface area contributed by atoms with Gasteiger partial charge in [0.05, 0.1) is 0 Å². The van der Waals surface area contributed by atoms with E-state index in [1.807, 2.05) is 19.1 Å². The van der Waals surface area contributed by atoms with Gasteiger partial charge in [-0.3, -0.25) is 4.79 Å². The van der Waals surface area contributed by atoms with Crippen LogP contribution in [-0.4, -0.2) is 30.5 Å². The second-order valence-electron chi connectivity index (χ2n) is 3.93. The van der Waals surface area contributed by atoms with Crippen molar-refractivity contribution in [2.24, 2.45) is 0 Å². The van der Waals surface area contributed by atoms with E-state index in [1.54, 1.807) is 6.07 Å². The fraction of sp³-hybridized carbons (Fsp3) is 0.500. The highest BCUT2D eigenvalue weighted by Crippen LogP contribution is 2.17. The molecule has 0 aliphatic carbocycles. The van der Waals surface area contributed by atoms with Gasteiger partial charge in [-0.2, -0.15) is 0 Å². The minimum Gasteiger partial charge on any atom is -0.357 e. The molecule has 2 rings (SSSR count). The van der Waals surface area contributed by atoms with E-state index in [0.717, 1.165) is 18.9 Å². The quantitative estimate of drug-likeness (QED) is 0.836. The molecule has 1 aliphatic rings. The number of pyridine rings is 1. The van der Waals surface area contributed by atoms with Gasteiger partial charge in [-0.1, -0.05) is 6.07 Å². The molecule has 1 N–H and O–H groups in total. The van der Waals surface area contributed by atoms with E-state index in [2.05, 4.69) is 15.2 Å². The fourth-order valence-electron chi connectivity index (χ4n) is 1.92. The average Bonchev–Trinajstić information content (AvgIpc) is 2.83. The summed E-state index contributed by atoms with van der Waals surface area (Å²) in [6.45, 7) is 4.63. The number of amides is 1. The van der Waals surface area contributed by atoms with Crippen molar-refractivity contribution in [3.63, 3.8) is 0 Å². The van der Waals surface area contributed by atoms with Crippen LogP contribution in [0.15, 0.2) is 18.2 Å². The van der Waals surface area contributed by atoms with Crippen LogP contribution in [0.5, 0.6) is 0 Å². The molecule has 1 amide bonds. The zero-order valence-corrected chi connectivity index (χ0v) is 9.57. The summed E-state index contributed by atoms with van der Waals surface area (Å²) in [5.41, 5.74) is 0.506. The molecule has 1 saturated heterocycles. The molecule has 1 aliphatic heterocycles. The summed E-state index contributed by atoms with van der Waals surface area (Å²) in [6, 6.07) is 5.61. The summed E-state index contributed by atoms with van der Waals surface area (Å²) < 4.78 is 0. The van der Waals surface area contributed by atoms with Crippen LogP contribution in [0.4, 0.5) is 5.82 Å². The van der Waals surface area contributed by atoms with Crippen molar-refractivity contribution in [1.29, 1.82) is 0 Å². The van der Waals surface area contributed by atoms with E-state index < -0.39 is 0 Å². The minimum absolute atomic E-state index is 0.0939. The third-order valence-corrected chi connectivity index (χ3v) is 2.73. The van der Waals surface area contributed by atoms with Crippen LogP contribution >= 0.6 is 0 Å². The molecule has 86 valence electrons. The van der Waals surface area contributed by atoms with Crippen LogP contribution in [0.1, 0.15) is 30.3 Å². The molecule has 4 heteroatoms. The number of hydrogen-bond donors (Lipinski definition) is 1. The highest BCUT2D eigenvalue weighted by atomic mass is 16.1. The Morgan fingerprint density at radius 2 is 2.19 bits per heavy atom. The van der Waals surface area contributed by atoms with Crippen LogP contribution in [0.3, 0.4) is 0 Å². The van der Waals surface area contributed by atoms with Gasteiger partial charge in [0.1, 0.15) is 11.5 Å². The van der Waals surface area contributed by atoms with Crippen molar-refractivity contribution >= 4 is 11.7 Å². The summed E-state index contributed by atoms with van der Waals surface area (Å²) in [5.74, 6) is 0.824. The molecular formula is C12H17N3O. The van der Waals surface area contributed by atoms with Crippen LogP contribution < -0.4 is 10.2 Å². The molecule has 0 atom stereocenters. The molecule has 1 aromatic heterocycles. The number of rotatable bonds is 3. The van der Waals surface area contributed by atoms with E-state index >= 15 is 0 Å². The van der Waals surface area contributed by atoms with Gasteiger partial charge < -0.3 is 10.2 Å². The molecule has 1 aromatic rings. The summed E-state index contributed by atoms with van der Waals surface area (Å²) >= 11 is 0. The first kappa shape index (κ1) is 10.9. The Labute approximate surface area is 95.7 Å². The monoisotopic (exact) mass is 219 g/mol. The molecule has 0 saturated carbocycles. The third kappa shape index (κ3) is 2.32. The minimum atomic E-state index is -0.0939. The second kappa shape index (κ2) is 4.96. The van der Waals surface area contributed by atoms with Gasteiger partial charge in [0.25, 0.3) is 5.91 Å². The SMILES string of the molecule is CCNC(=O)c1cccc(N2CCCC2)n1. The Morgan fingerprint density at radius 1 is 1.44 bits per heavy atom. The van der Waals surface area contributed by atoms with E-state index in [1.165, 1.54) is 12.8 Å². The van der Waals surface area contributed by atoms with E-state index in [0.29, 0.717) is 12.2 Å². The molecule has 2 heterocycles. The molecule has 0 unspecified atom stereocenters. The number of carbonyl (C=O) groups is 1. The van der Waals surface area contributed by atoms with Gasteiger partial charge in [-0.15, -0.1) is 0 Å². The second-order valence-corrected chi connectivity index (χ2v) is 3.93. The van der Waals surface area contributed by atoms with Gasteiger partial charge in [0.15, 0.2) is 0 Å². The molecule has 0 spiro atoms. The van der Waals surface area contributed by atoms with Gasteiger partial charge in [-0.05, 0) is 31.9 Å². The lowest BCUT2D eigenvalue weighted by atomic mass is 10.3. The topological polar surface area (TPSA) is 45.2 Å². The van der Waals surface area contributed by atoms with Crippen molar-refractivity contribution in [2.45, 2.75) is 19.8 Å². The average molecular weight is 219 g/mol. The Morgan fingerprint density at radius 3 is 2.88 bits per heavy atom. The largest absolute Gasteiger partial charge is 0.357 e. The summed E-state index contributed by atoms with van der Waals surface area (Å²) in [4.78, 5) is 18.2. The van der Waals surface area contributed by atoms with Crippen molar-refractivity contribution in [3.05, 3.63) is 23.9 Å². The molecule has 4 nitrogen and oxygen atoms in total. The first-order valence-corrected chi connectivity index (χ1v) is 5.81. The molecule has 0 radical (unpaired) electrons. The van der Waals surface area contributed by atoms with Crippen molar-refractivity contribution in [3.8, 4) is 0 Å². The zero-order valence-electron chi connectivity index (χ0n) is 9.57. The maximum Gasteiger partial charge on any atom is 0.269 e. The van der Waals surface area contributed by atoms with E-state index in [9.17, 15) is 4.79 Å². The van der Waals surface area contributed by atoms with Crippen molar-refractivity contribution < 1.29 is 4.79 Å². The van der Waals surface area contributed by atoms with Gasteiger partial charge >= 0.3 is 0 Å². The number of carbonyl (C=O) groups excluding carboxylic acids is 1. The van der Waals surface area contributed by atoms with Crippen LogP contribution in [0.25, 0.3) is 0 Å². The lowest BCUT2D eigenvalue weighted by molar-refractivity contribution is 0.0951. The molecule has 16 heavy (non-hydrogen) atoms. The smallest absolute Gasteiger partial charge is 0.269 e. The predicted octanol–water partition coefficient (Wildman–Crippen LogP) is 1.43. The molecule has 0 bridgehead atoms. The molecular weight excluding hydrogens is 202 g/mol. The number of anilines is 1. The van der Waals surface area contributed by atoms with Crippen LogP contribution in [-0.2, 0) is 0 Å². The van der Waals surface area contributed by atoms with Gasteiger partial charge in [0.2, 0.25) is 0 Å². The summed E-state index contributed by atoms with van der Waals surface area (Å²) in [7, 11) is 0. The van der Waals surface area contributed by atoms with E-state index in [4.69, 9.17) is 0 Å². The lowest BCUT2D eigenvalue weighted by Crippen LogP contribution is -2.25. The van der Waals surface area contributed by atoms with Gasteiger partial charge in [-0.25, -0.2) is 4.98 Å². The normalized spacial score (nSPS) is 15.2. The zero-order chi connectivity index (χ0) is 11.4. The number of nitrogens with zero attached hydrogens (tertiary/aromatic N) is 2. The van der Waals surface area contributed by atoms with Crippen LogP contribution in [0.2, 0.25) is 0 Å². The predicted molar refractivity (Wildman–Crippen MR) is 63.7 cm³/mol. The fourth-order valence-corrected chi connectivity index (χ4v) is 1.92. The molecule has 1 fully saturated rings.